The third-order valence-electron chi connectivity index (χ3n) is 10.5. The molecule has 0 radical (unpaired) electrons. The van der Waals surface area contributed by atoms with E-state index in [-0.39, 0.29) is 49.9 Å². The van der Waals surface area contributed by atoms with Gasteiger partial charge in [0.2, 0.25) is 17.7 Å². The van der Waals surface area contributed by atoms with Gasteiger partial charge in [0.15, 0.2) is 6.29 Å². The average molecular weight is 836 g/mol. The molecule has 3 amide bonds. The lowest BCUT2D eigenvalue weighted by Crippen LogP contribution is -2.59. The molecule has 16 nitrogen and oxygen atoms in total. The summed E-state index contributed by atoms with van der Waals surface area (Å²) in [5, 5.41) is 29.2. The molecule has 0 aliphatic carbocycles. The van der Waals surface area contributed by atoms with Crippen LogP contribution in [0.3, 0.4) is 0 Å². The van der Waals surface area contributed by atoms with E-state index in [0.29, 0.717) is 25.4 Å². The molecule has 336 valence electrons. The molecule has 9 atom stereocenters. The Morgan fingerprint density at radius 2 is 1.49 bits per heavy atom. The standard InChI is InChI=1S/C43H73N5O11/c1-12-26(5)36(44)40(52)48(11)33(24-29-14-16-30(17-15-29)59-43(8,9)10)39(51)47-37(27(6)13-2)42(55)58-28(7)23-34(49)45-32(22-25(3)4)38(50)46-31(41(53)54)18-19-35-56-20-21-57-35/h14-17,25-28,31-33,35-37,40,52H,12-13,18-24,44H2,1-11H3,(H,45,49)(H,46,50)(H,47,51)(H,53,54). The van der Waals surface area contributed by atoms with Crippen LogP contribution in [0.1, 0.15) is 113 Å². The normalized spacial score (nSPS) is 18.2. The topological polar surface area (TPSA) is 228 Å². The highest BCUT2D eigenvalue weighted by atomic mass is 16.7. The van der Waals surface area contributed by atoms with Crippen LogP contribution in [0.15, 0.2) is 24.3 Å². The summed E-state index contributed by atoms with van der Waals surface area (Å²) in [4.78, 5) is 68.0. The molecular weight excluding hydrogens is 762 g/mol. The number of esters is 1. The highest BCUT2D eigenvalue weighted by molar-refractivity contribution is 5.91. The molecule has 16 heteroatoms. The number of hydrogen-bond acceptors (Lipinski definition) is 12. The molecule has 1 saturated heterocycles. The van der Waals surface area contributed by atoms with Crippen molar-refractivity contribution in [2.24, 2.45) is 23.5 Å². The van der Waals surface area contributed by atoms with Gasteiger partial charge < -0.3 is 50.8 Å². The first-order valence-corrected chi connectivity index (χ1v) is 21.1. The van der Waals surface area contributed by atoms with Crippen molar-refractivity contribution in [1.82, 2.24) is 20.9 Å². The Morgan fingerprint density at radius 3 is 2.02 bits per heavy atom. The number of nitrogens with zero attached hydrogens (tertiary/aromatic N) is 1. The van der Waals surface area contributed by atoms with Gasteiger partial charge in [-0.3, -0.25) is 19.3 Å². The average Bonchev–Trinajstić information content (AvgIpc) is 3.69. The number of amides is 3. The summed E-state index contributed by atoms with van der Waals surface area (Å²) in [6.07, 6.45) is -0.971. The van der Waals surface area contributed by atoms with Crippen LogP contribution in [0.25, 0.3) is 0 Å². The number of nitrogens with one attached hydrogen (secondary N) is 3. The SMILES string of the molecule is CCC(C)C(NC(=O)C(Cc1ccc(OC(C)(C)C)cc1)N(C)C(O)C(N)C(C)CC)C(=O)OC(C)CC(=O)NC(CC(C)C)C(=O)NC(CCC1OCCO1)C(=O)O. The van der Waals surface area contributed by atoms with Crippen molar-refractivity contribution in [2.45, 2.75) is 169 Å². The van der Waals surface area contributed by atoms with Crippen molar-refractivity contribution in [2.75, 3.05) is 20.3 Å². The first-order chi connectivity index (χ1) is 27.6. The van der Waals surface area contributed by atoms with E-state index < -0.39 is 84.1 Å². The van der Waals surface area contributed by atoms with Gasteiger partial charge >= 0.3 is 11.9 Å². The van der Waals surface area contributed by atoms with Crippen LogP contribution in [0.4, 0.5) is 0 Å². The second kappa shape index (κ2) is 24.4. The molecule has 1 aliphatic heterocycles. The Labute approximate surface area is 351 Å². The van der Waals surface area contributed by atoms with Crippen LogP contribution in [-0.4, -0.2) is 119 Å². The number of aliphatic hydroxyl groups excluding tert-OH is 1. The fourth-order valence-electron chi connectivity index (χ4n) is 6.57. The third kappa shape index (κ3) is 17.7. The van der Waals surface area contributed by atoms with Gasteiger partial charge in [-0.25, -0.2) is 9.59 Å². The predicted octanol–water partition coefficient (Wildman–Crippen LogP) is 3.50. The highest BCUT2D eigenvalue weighted by Gasteiger charge is 2.37. The number of hydrogen-bond donors (Lipinski definition) is 6. The summed E-state index contributed by atoms with van der Waals surface area (Å²) >= 11 is 0. The van der Waals surface area contributed by atoms with Gasteiger partial charge in [0.1, 0.15) is 41.8 Å². The summed E-state index contributed by atoms with van der Waals surface area (Å²) in [5.41, 5.74) is 6.82. The molecule has 0 aromatic heterocycles. The zero-order valence-corrected chi connectivity index (χ0v) is 37.1. The molecule has 59 heavy (non-hydrogen) atoms. The summed E-state index contributed by atoms with van der Waals surface area (Å²) in [7, 11) is 1.63. The molecule has 0 spiro atoms. The Bertz CT molecular complexity index is 1480. The summed E-state index contributed by atoms with van der Waals surface area (Å²) in [5.74, 6) is -3.49. The number of benzene rings is 1. The molecule has 0 saturated carbocycles. The number of carboxylic acids is 1. The molecule has 0 bridgehead atoms. The molecule has 1 heterocycles. The molecule has 1 aliphatic rings. The van der Waals surface area contributed by atoms with E-state index in [0.717, 1.165) is 12.0 Å². The summed E-state index contributed by atoms with van der Waals surface area (Å²) in [6, 6.07) is 2.40. The van der Waals surface area contributed by atoms with Crippen molar-refractivity contribution >= 4 is 29.7 Å². The maximum absolute atomic E-state index is 14.2. The van der Waals surface area contributed by atoms with Gasteiger partial charge in [-0.15, -0.1) is 0 Å². The van der Waals surface area contributed by atoms with Crippen LogP contribution in [-0.2, 0) is 44.6 Å². The van der Waals surface area contributed by atoms with Crippen LogP contribution in [0, 0.1) is 17.8 Å². The molecule has 9 unspecified atom stereocenters. The lowest BCUT2D eigenvalue weighted by atomic mass is 9.95. The minimum absolute atomic E-state index is 0.0265. The maximum Gasteiger partial charge on any atom is 0.329 e. The van der Waals surface area contributed by atoms with Gasteiger partial charge in [-0.1, -0.05) is 66.5 Å². The molecule has 2 rings (SSSR count). The number of rotatable bonds is 25. The fourth-order valence-corrected chi connectivity index (χ4v) is 6.57. The smallest absolute Gasteiger partial charge is 0.329 e. The third-order valence-corrected chi connectivity index (χ3v) is 10.5. The zero-order chi connectivity index (χ0) is 44.6. The number of ether oxygens (including phenoxy) is 4. The van der Waals surface area contributed by atoms with Crippen LogP contribution in [0.2, 0.25) is 0 Å². The predicted molar refractivity (Wildman–Crippen MR) is 223 cm³/mol. The lowest BCUT2D eigenvalue weighted by molar-refractivity contribution is -0.156. The van der Waals surface area contributed by atoms with Crippen molar-refractivity contribution in [1.29, 1.82) is 0 Å². The van der Waals surface area contributed by atoms with Gasteiger partial charge in [0.05, 0.1) is 25.7 Å². The van der Waals surface area contributed by atoms with E-state index in [9.17, 15) is 34.2 Å². The lowest BCUT2D eigenvalue weighted by Gasteiger charge is -2.37. The Hall–Kier alpha value is -3.83. The molecule has 7 N–H and O–H groups in total. The van der Waals surface area contributed by atoms with Crippen LogP contribution < -0.4 is 26.4 Å². The number of aliphatic hydroxyl groups is 1. The fraction of sp³-hybridized carbons (Fsp3) is 0.744. The van der Waals surface area contributed by atoms with Crippen molar-refractivity contribution < 1.29 is 53.1 Å². The minimum atomic E-state index is -1.22. The minimum Gasteiger partial charge on any atom is -0.488 e. The van der Waals surface area contributed by atoms with Crippen LogP contribution >= 0.6 is 0 Å². The molecule has 1 aromatic carbocycles. The van der Waals surface area contributed by atoms with E-state index in [4.69, 9.17) is 24.7 Å². The first kappa shape index (κ1) is 51.3. The van der Waals surface area contributed by atoms with E-state index in [1.807, 2.05) is 79.7 Å². The number of likely N-dealkylation sites (N-methyl/N-ethyl adjacent to an activating group) is 1. The van der Waals surface area contributed by atoms with E-state index >= 15 is 0 Å². The van der Waals surface area contributed by atoms with Gasteiger partial charge in [-0.05, 0) is 89.5 Å². The highest BCUT2D eigenvalue weighted by Crippen LogP contribution is 2.22. The van der Waals surface area contributed by atoms with E-state index in [1.54, 1.807) is 14.0 Å². The number of carboxylic acid groups (broad SMARTS) is 1. The van der Waals surface area contributed by atoms with Crippen molar-refractivity contribution in [3.63, 3.8) is 0 Å². The van der Waals surface area contributed by atoms with Gasteiger partial charge in [0, 0.05) is 12.5 Å². The van der Waals surface area contributed by atoms with Gasteiger partial charge in [-0.2, -0.15) is 0 Å². The largest absolute Gasteiger partial charge is 0.488 e. The molecule has 1 aromatic rings. The second-order valence-corrected chi connectivity index (χ2v) is 17.3. The molecular formula is C43H73N5O11. The Kier molecular flexibility index (Phi) is 21.2. The summed E-state index contributed by atoms with van der Waals surface area (Å²) < 4.78 is 22.5. The number of aliphatic carboxylic acids is 1. The second-order valence-electron chi connectivity index (χ2n) is 17.3. The van der Waals surface area contributed by atoms with Crippen LogP contribution in [0.5, 0.6) is 5.75 Å². The van der Waals surface area contributed by atoms with Crippen molar-refractivity contribution in [3.05, 3.63) is 29.8 Å². The van der Waals surface area contributed by atoms with Crippen molar-refractivity contribution in [3.8, 4) is 5.75 Å². The van der Waals surface area contributed by atoms with E-state index in [1.165, 1.54) is 11.8 Å². The molecule has 1 fully saturated rings. The first-order valence-electron chi connectivity index (χ1n) is 21.1. The van der Waals surface area contributed by atoms with E-state index in [2.05, 4.69) is 16.0 Å². The number of nitrogens with two attached hydrogens (primary N) is 1. The van der Waals surface area contributed by atoms with Gasteiger partial charge in [0.25, 0.3) is 0 Å². The summed E-state index contributed by atoms with van der Waals surface area (Å²) in [6.45, 7) is 19.5. The zero-order valence-electron chi connectivity index (χ0n) is 37.1. The Balaban J connectivity index is 2.20. The quantitative estimate of drug-likeness (QED) is 0.0613. The maximum atomic E-state index is 14.2. The Morgan fingerprint density at radius 1 is 0.898 bits per heavy atom. The number of carbonyl (C=O) groups excluding carboxylic acids is 4. The number of carbonyl (C=O) groups is 5. The monoisotopic (exact) mass is 836 g/mol.